The van der Waals surface area contributed by atoms with Gasteiger partial charge in [0.15, 0.2) is 5.75 Å². The van der Waals surface area contributed by atoms with Gasteiger partial charge in [0, 0.05) is 16.0 Å². The first-order chi connectivity index (χ1) is 11.4. The van der Waals surface area contributed by atoms with E-state index in [1.54, 1.807) is 30.3 Å². The lowest BCUT2D eigenvalue weighted by Gasteiger charge is -2.13. The van der Waals surface area contributed by atoms with Crippen molar-refractivity contribution in [1.29, 1.82) is 0 Å². The number of carboxylic acid groups (broad SMARTS) is 1. The first-order valence-electron chi connectivity index (χ1n) is 7.54. The molecule has 0 fully saturated rings. The van der Waals surface area contributed by atoms with Crippen LogP contribution in [0.3, 0.4) is 0 Å². The van der Waals surface area contributed by atoms with E-state index in [2.05, 4.69) is 18.8 Å². The van der Waals surface area contributed by atoms with Crippen LogP contribution in [-0.4, -0.2) is 21.2 Å². The Labute approximate surface area is 144 Å². The molecule has 3 aromatic rings. The van der Waals surface area contributed by atoms with Gasteiger partial charge in [-0.1, -0.05) is 49.7 Å². The van der Waals surface area contributed by atoms with E-state index >= 15 is 0 Å². The second-order valence-electron chi connectivity index (χ2n) is 5.93. The molecule has 0 radical (unpaired) electrons. The van der Waals surface area contributed by atoms with Crippen LogP contribution in [-0.2, 0) is 0 Å². The fourth-order valence-corrected chi connectivity index (χ4v) is 2.78. The number of rotatable bonds is 3. The molecule has 0 spiro atoms. The summed E-state index contributed by atoms with van der Waals surface area (Å²) in [5.74, 6) is -1.24. The molecule has 0 atom stereocenters. The number of halogens is 1. The quantitative estimate of drug-likeness (QED) is 0.696. The van der Waals surface area contributed by atoms with Gasteiger partial charge < -0.3 is 10.2 Å². The molecule has 0 saturated carbocycles. The van der Waals surface area contributed by atoms with E-state index in [-0.39, 0.29) is 22.9 Å². The average molecular weight is 342 g/mol. The maximum Gasteiger partial charge on any atom is 0.340 e. The number of aromatic carboxylic acids is 1. The van der Waals surface area contributed by atoms with Crippen molar-refractivity contribution in [3.8, 4) is 17.0 Å². The van der Waals surface area contributed by atoms with Gasteiger partial charge in [-0.2, -0.15) is 0 Å². The summed E-state index contributed by atoms with van der Waals surface area (Å²) < 4.78 is 0. The number of benzene rings is 2. The predicted octanol–water partition coefficient (Wildman–Crippen LogP) is 5.08. The number of fused-ring (bicyclic) bond motifs is 1. The lowest BCUT2D eigenvalue weighted by atomic mass is 9.97. The molecule has 1 heterocycles. The number of nitrogens with zero attached hydrogens (tertiary/aromatic N) is 1. The van der Waals surface area contributed by atoms with Gasteiger partial charge in [0.2, 0.25) is 0 Å². The maximum atomic E-state index is 11.7. The predicted molar refractivity (Wildman–Crippen MR) is 94.9 cm³/mol. The van der Waals surface area contributed by atoms with Gasteiger partial charge in [-0.05, 0) is 29.7 Å². The van der Waals surface area contributed by atoms with Crippen LogP contribution in [0, 0.1) is 0 Å². The van der Waals surface area contributed by atoms with Crippen LogP contribution in [0.2, 0.25) is 5.02 Å². The van der Waals surface area contributed by atoms with E-state index in [1.807, 2.05) is 12.1 Å². The fraction of sp³-hybridized carbons (Fsp3) is 0.158. The summed E-state index contributed by atoms with van der Waals surface area (Å²) in [5, 5.41) is 21.0. The van der Waals surface area contributed by atoms with E-state index in [4.69, 9.17) is 11.6 Å². The normalized spacial score (nSPS) is 11.2. The molecule has 0 aliphatic carbocycles. The molecule has 0 saturated heterocycles. The van der Waals surface area contributed by atoms with Crippen LogP contribution in [0.4, 0.5) is 0 Å². The minimum Gasteiger partial charge on any atom is -0.505 e. The molecule has 3 rings (SSSR count). The van der Waals surface area contributed by atoms with Gasteiger partial charge in [-0.3, -0.25) is 0 Å². The molecule has 2 aromatic carbocycles. The summed E-state index contributed by atoms with van der Waals surface area (Å²) in [6.07, 6.45) is 0. The summed E-state index contributed by atoms with van der Waals surface area (Å²) in [4.78, 5) is 16.2. The SMILES string of the molecule is CC(C)c1ccc2c(C(=O)O)c(O)c(-c3ccc(Cl)cc3)nc2c1. The minimum absolute atomic E-state index is 0.139. The summed E-state index contributed by atoms with van der Waals surface area (Å²) in [7, 11) is 0. The molecule has 2 N–H and O–H groups in total. The van der Waals surface area contributed by atoms with Crippen LogP contribution < -0.4 is 0 Å². The first kappa shape index (κ1) is 16.3. The number of hydrogen-bond donors (Lipinski definition) is 2. The standard InChI is InChI=1S/C19H16ClNO3/c1-10(2)12-5-8-14-15(9-12)21-17(18(22)16(14)19(23)24)11-3-6-13(20)7-4-11/h3-10,22H,1-2H3,(H,23,24). The van der Waals surface area contributed by atoms with Gasteiger partial charge in [-0.15, -0.1) is 0 Å². The van der Waals surface area contributed by atoms with E-state index in [1.165, 1.54) is 0 Å². The number of pyridine rings is 1. The highest BCUT2D eigenvalue weighted by Gasteiger charge is 2.21. The zero-order valence-corrected chi connectivity index (χ0v) is 14.0. The molecule has 0 bridgehead atoms. The fourth-order valence-electron chi connectivity index (χ4n) is 2.66. The van der Waals surface area contributed by atoms with Crippen LogP contribution in [0.5, 0.6) is 5.75 Å². The zero-order chi connectivity index (χ0) is 17.4. The summed E-state index contributed by atoms with van der Waals surface area (Å²) in [5.41, 5.74) is 2.30. The molecule has 24 heavy (non-hydrogen) atoms. The topological polar surface area (TPSA) is 70.4 Å². The highest BCUT2D eigenvalue weighted by Crippen LogP contribution is 2.36. The number of aromatic hydroxyl groups is 1. The molecular weight excluding hydrogens is 326 g/mol. The third-order valence-corrected chi connectivity index (χ3v) is 4.23. The van der Waals surface area contributed by atoms with E-state index in [0.29, 0.717) is 21.5 Å². The van der Waals surface area contributed by atoms with Gasteiger partial charge >= 0.3 is 5.97 Å². The van der Waals surface area contributed by atoms with Crippen LogP contribution >= 0.6 is 11.6 Å². The minimum atomic E-state index is -1.19. The van der Waals surface area contributed by atoms with Crippen LogP contribution in [0.15, 0.2) is 42.5 Å². The van der Waals surface area contributed by atoms with Gasteiger partial charge in [0.25, 0.3) is 0 Å². The van der Waals surface area contributed by atoms with Crippen molar-refractivity contribution in [3.05, 3.63) is 58.6 Å². The molecule has 0 unspecified atom stereocenters. The molecule has 1 aromatic heterocycles. The van der Waals surface area contributed by atoms with Gasteiger partial charge in [0.1, 0.15) is 11.3 Å². The summed E-state index contributed by atoms with van der Waals surface area (Å²) in [6.45, 7) is 4.11. The number of carboxylic acids is 1. The highest BCUT2D eigenvalue weighted by molar-refractivity contribution is 6.30. The van der Waals surface area contributed by atoms with Gasteiger partial charge in [0.05, 0.1) is 5.52 Å². The first-order valence-corrected chi connectivity index (χ1v) is 7.92. The largest absolute Gasteiger partial charge is 0.505 e. The Morgan fingerprint density at radius 1 is 1.12 bits per heavy atom. The van der Waals surface area contributed by atoms with Crippen molar-refractivity contribution in [3.63, 3.8) is 0 Å². The van der Waals surface area contributed by atoms with Crippen molar-refractivity contribution in [2.24, 2.45) is 0 Å². The van der Waals surface area contributed by atoms with Crippen LogP contribution in [0.1, 0.15) is 35.7 Å². The summed E-state index contributed by atoms with van der Waals surface area (Å²) in [6, 6.07) is 12.2. The smallest absolute Gasteiger partial charge is 0.340 e. The Balaban J connectivity index is 2.35. The second kappa shape index (κ2) is 6.13. The Hall–Kier alpha value is -2.59. The number of aromatic nitrogens is 1. The van der Waals surface area contributed by atoms with Crippen molar-refractivity contribution in [1.82, 2.24) is 4.98 Å². The Bertz CT molecular complexity index is 933. The third kappa shape index (κ3) is 2.81. The van der Waals surface area contributed by atoms with Crippen molar-refractivity contribution >= 4 is 28.5 Å². The molecule has 4 nitrogen and oxygen atoms in total. The molecule has 0 amide bonds. The van der Waals surface area contributed by atoms with E-state index < -0.39 is 5.97 Å². The zero-order valence-electron chi connectivity index (χ0n) is 13.2. The summed E-state index contributed by atoms with van der Waals surface area (Å²) >= 11 is 5.89. The average Bonchev–Trinajstić information content (AvgIpc) is 2.54. The third-order valence-electron chi connectivity index (χ3n) is 3.98. The molecule has 0 aliphatic rings. The lowest BCUT2D eigenvalue weighted by Crippen LogP contribution is -2.02. The van der Waals surface area contributed by atoms with Crippen molar-refractivity contribution < 1.29 is 15.0 Å². The monoisotopic (exact) mass is 341 g/mol. The van der Waals surface area contributed by atoms with Crippen molar-refractivity contribution in [2.75, 3.05) is 0 Å². The highest BCUT2D eigenvalue weighted by atomic mass is 35.5. The number of hydrogen-bond acceptors (Lipinski definition) is 3. The molecular formula is C19H16ClNO3. The Morgan fingerprint density at radius 2 is 1.79 bits per heavy atom. The second-order valence-corrected chi connectivity index (χ2v) is 6.36. The van der Waals surface area contributed by atoms with E-state index in [9.17, 15) is 15.0 Å². The molecule has 0 aliphatic heterocycles. The Kier molecular flexibility index (Phi) is 4.16. The van der Waals surface area contributed by atoms with E-state index in [0.717, 1.165) is 5.56 Å². The molecule has 122 valence electrons. The van der Waals surface area contributed by atoms with Crippen molar-refractivity contribution in [2.45, 2.75) is 19.8 Å². The number of carbonyl (C=O) groups is 1. The van der Waals surface area contributed by atoms with Gasteiger partial charge in [-0.25, -0.2) is 9.78 Å². The van der Waals surface area contributed by atoms with Crippen LogP contribution in [0.25, 0.3) is 22.2 Å². The molecule has 5 heteroatoms. The maximum absolute atomic E-state index is 11.7. The lowest BCUT2D eigenvalue weighted by molar-refractivity contribution is 0.0696. The Morgan fingerprint density at radius 3 is 2.38 bits per heavy atom.